The van der Waals surface area contributed by atoms with Gasteiger partial charge in [-0.15, -0.1) is 0 Å². The minimum Gasteiger partial charge on any atom is -0.497 e. The van der Waals surface area contributed by atoms with Crippen molar-refractivity contribution in [3.05, 3.63) is 58.6 Å². The lowest BCUT2D eigenvalue weighted by molar-refractivity contribution is -0.137. The van der Waals surface area contributed by atoms with Gasteiger partial charge in [0.1, 0.15) is 10.6 Å². The largest absolute Gasteiger partial charge is 0.497 e. The van der Waals surface area contributed by atoms with Gasteiger partial charge in [-0.3, -0.25) is 4.79 Å². The van der Waals surface area contributed by atoms with Gasteiger partial charge < -0.3 is 9.64 Å². The molecule has 0 bridgehead atoms. The van der Waals surface area contributed by atoms with Crippen molar-refractivity contribution in [2.75, 3.05) is 33.3 Å². The molecule has 6 nitrogen and oxygen atoms in total. The van der Waals surface area contributed by atoms with Gasteiger partial charge >= 0.3 is 6.18 Å². The Hall–Kier alpha value is -2.30. The molecular weight excluding hydrogens is 445 g/mol. The lowest BCUT2D eigenvalue weighted by atomic mass is 10.1. The Morgan fingerprint density at radius 3 is 2.33 bits per heavy atom. The van der Waals surface area contributed by atoms with Gasteiger partial charge in [-0.2, -0.15) is 17.5 Å². The van der Waals surface area contributed by atoms with Gasteiger partial charge in [0.05, 0.1) is 17.7 Å². The molecule has 1 heterocycles. The van der Waals surface area contributed by atoms with E-state index in [1.807, 2.05) is 0 Å². The van der Waals surface area contributed by atoms with Crippen molar-refractivity contribution >= 4 is 27.5 Å². The molecule has 2 aromatic rings. The first-order valence-electron chi connectivity index (χ1n) is 8.84. The maximum Gasteiger partial charge on any atom is 0.416 e. The number of hydrogen-bond donors (Lipinski definition) is 0. The number of amides is 1. The molecule has 0 spiro atoms. The predicted molar refractivity (Wildman–Crippen MR) is 104 cm³/mol. The zero-order chi connectivity index (χ0) is 22.1. The van der Waals surface area contributed by atoms with Gasteiger partial charge in [0, 0.05) is 31.7 Å². The molecule has 1 aliphatic heterocycles. The molecule has 1 saturated heterocycles. The van der Waals surface area contributed by atoms with E-state index in [4.69, 9.17) is 16.3 Å². The Kier molecular flexibility index (Phi) is 6.30. The molecule has 0 aromatic heterocycles. The van der Waals surface area contributed by atoms with Crippen molar-refractivity contribution in [2.45, 2.75) is 11.1 Å². The normalized spacial score (nSPS) is 15.8. The fourth-order valence-corrected chi connectivity index (χ4v) is 5.01. The molecule has 0 saturated carbocycles. The third-order valence-corrected chi connectivity index (χ3v) is 7.10. The summed E-state index contributed by atoms with van der Waals surface area (Å²) in [4.78, 5) is 13.5. The third-order valence-electron chi connectivity index (χ3n) is 4.72. The summed E-state index contributed by atoms with van der Waals surface area (Å²) < 4.78 is 70.8. The number of carbonyl (C=O) groups is 1. The van der Waals surface area contributed by atoms with Crippen molar-refractivity contribution in [1.82, 2.24) is 9.21 Å². The maximum absolute atomic E-state index is 13.0. The topological polar surface area (TPSA) is 66.9 Å². The molecule has 0 N–H and O–H groups in total. The highest BCUT2D eigenvalue weighted by Crippen LogP contribution is 2.34. The molecule has 30 heavy (non-hydrogen) atoms. The van der Waals surface area contributed by atoms with E-state index in [0.29, 0.717) is 17.4 Å². The lowest BCUT2D eigenvalue weighted by Gasteiger charge is -2.34. The lowest BCUT2D eigenvalue weighted by Crippen LogP contribution is -2.50. The molecule has 2 aromatic carbocycles. The predicted octanol–water partition coefficient (Wildman–Crippen LogP) is 3.51. The summed E-state index contributed by atoms with van der Waals surface area (Å²) in [5.41, 5.74) is -0.705. The summed E-state index contributed by atoms with van der Waals surface area (Å²) in [6.07, 6.45) is -4.70. The highest BCUT2D eigenvalue weighted by Gasteiger charge is 2.36. The van der Waals surface area contributed by atoms with E-state index in [1.165, 1.54) is 12.0 Å². The number of rotatable bonds is 4. The van der Waals surface area contributed by atoms with Gasteiger partial charge in [0.25, 0.3) is 5.91 Å². The molecular formula is C19H18ClF3N2O4S. The van der Waals surface area contributed by atoms with Crippen LogP contribution in [0.1, 0.15) is 15.9 Å². The number of methoxy groups -OCH3 is 1. The van der Waals surface area contributed by atoms with E-state index in [2.05, 4.69) is 0 Å². The van der Waals surface area contributed by atoms with Gasteiger partial charge in [-0.05, 0) is 36.4 Å². The van der Waals surface area contributed by atoms with Crippen LogP contribution in [0.15, 0.2) is 47.4 Å². The first kappa shape index (κ1) is 22.4. The number of alkyl halides is 3. The standard InChI is InChI=1S/C19H18ClF3N2O4S/c1-29-15-4-2-3-13(11-15)18(26)24-7-9-25(10-8-24)30(27,28)17-12-14(19(21,22)23)5-6-16(17)20/h2-6,11-12H,7-10H2,1H3. The number of piperazine rings is 1. The number of ether oxygens (including phenoxy) is 1. The van der Waals surface area contributed by atoms with Crippen LogP contribution in [-0.2, 0) is 16.2 Å². The number of hydrogen-bond acceptors (Lipinski definition) is 4. The molecule has 162 valence electrons. The van der Waals surface area contributed by atoms with Crippen LogP contribution >= 0.6 is 11.6 Å². The number of carbonyl (C=O) groups excluding carboxylic acids is 1. The van der Waals surface area contributed by atoms with Crippen LogP contribution in [-0.4, -0.2) is 56.8 Å². The quantitative estimate of drug-likeness (QED) is 0.697. The zero-order valence-electron chi connectivity index (χ0n) is 15.8. The second kappa shape index (κ2) is 8.44. The van der Waals surface area contributed by atoms with Crippen LogP contribution < -0.4 is 4.74 Å². The summed E-state index contributed by atoms with van der Waals surface area (Å²) in [5, 5.41) is -0.294. The first-order valence-corrected chi connectivity index (χ1v) is 10.7. The van der Waals surface area contributed by atoms with Crippen molar-refractivity contribution in [2.24, 2.45) is 0 Å². The summed E-state index contributed by atoms with van der Waals surface area (Å²) in [6, 6.07) is 8.74. The fraction of sp³-hybridized carbons (Fsp3) is 0.316. The Bertz CT molecular complexity index is 1050. The van der Waals surface area contributed by atoms with Crippen molar-refractivity contribution < 1.29 is 31.1 Å². The minimum atomic E-state index is -4.70. The van der Waals surface area contributed by atoms with E-state index < -0.39 is 26.7 Å². The SMILES string of the molecule is COc1cccc(C(=O)N2CCN(S(=O)(=O)c3cc(C(F)(F)F)ccc3Cl)CC2)c1. The van der Waals surface area contributed by atoms with Crippen LogP contribution in [0.25, 0.3) is 0 Å². The molecule has 1 fully saturated rings. The van der Waals surface area contributed by atoms with Crippen LogP contribution in [0.5, 0.6) is 5.75 Å². The second-order valence-corrected chi connectivity index (χ2v) is 8.88. The van der Waals surface area contributed by atoms with Crippen LogP contribution in [0.2, 0.25) is 5.02 Å². The molecule has 1 amide bonds. The van der Waals surface area contributed by atoms with Crippen molar-refractivity contribution in [1.29, 1.82) is 0 Å². The average molecular weight is 463 g/mol. The Morgan fingerprint density at radius 2 is 1.73 bits per heavy atom. The molecule has 0 radical (unpaired) electrons. The summed E-state index contributed by atoms with van der Waals surface area (Å²) in [5.74, 6) is 0.226. The van der Waals surface area contributed by atoms with Gasteiger partial charge in [-0.25, -0.2) is 8.42 Å². The number of benzene rings is 2. The smallest absolute Gasteiger partial charge is 0.416 e. The Labute approximate surface area is 176 Å². The Morgan fingerprint density at radius 1 is 1.07 bits per heavy atom. The molecule has 0 atom stereocenters. The second-order valence-electron chi connectivity index (χ2n) is 6.57. The van der Waals surface area contributed by atoms with E-state index >= 15 is 0 Å². The third kappa shape index (κ3) is 4.55. The van der Waals surface area contributed by atoms with E-state index in [-0.39, 0.29) is 37.1 Å². The van der Waals surface area contributed by atoms with Crippen LogP contribution in [0.4, 0.5) is 13.2 Å². The molecule has 0 aliphatic carbocycles. The number of halogens is 4. The molecule has 0 unspecified atom stereocenters. The van der Waals surface area contributed by atoms with Gasteiger partial charge in [-0.1, -0.05) is 17.7 Å². The van der Waals surface area contributed by atoms with E-state index in [0.717, 1.165) is 16.4 Å². The number of sulfonamides is 1. The van der Waals surface area contributed by atoms with Crippen LogP contribution in [0, 0.1) is 0 Å². The average Bonchev–Trinajstić information content (AvgIpc) is 2.72. The highest BCUT2D eigenvalue weighted by atomic mass is 35.5. The fourth-order valence-electron chi connectivity index (χ4n) is 3.09. The summed E-state index contributed by atoms with van der Waals surface area (Å²) in [7, 11) is -2.78. The highest BCUT2D eigenvalue weighted by molar-refractivity contribution is 7.89. The van der Waals surface area contributed by atoms with E-state index in [9.17, 15) is 26.4 Å². The molecule has 1 aliphatic rings. The maximum atomic E-state index is 13.0. The first-order chi connectivity index (χ1) is 14.0. The molecule has 11 heteroatoms. The molecule has 3 rings (SSSR count). The van der Waals surface area contributed by atoms with Gasteiger partial charge in [0.2, 0.25) is 10.0 Å². The summed E-state index contributed by atoms with van der Waals surface area (Å²) >= 11 is 5.89. The van der Waals surface area contributed by atoms with Crippen molar-refractivity contribution in [3.63, 3.8) is 0 Å². The Balaban J connectivity index is 1.76. The van der Waals surface area contributed by atoms with Gasteiger partial charge in [0.15, 0.2) is 0 Å². The minimum absolute atomic E-state index is 0.0649. The zero-order valence-corrected chi connectivity index (χ0v) is 17.4. The van der Waals surface area contributed by atoms with Crippen molar-refractivity contribution in [3.8, 4) is 5.75 Å². The monoisotopic (exact) mass is 462 g/mol. The van der Waals surface area contributed by atoms with E-state index in [1.54, 1.807) is 24.3 Å². The van der Waals surface area contributed by atoms with Crippen LogP contribution in [0.3, 0.4) is 0 Å². The summed E-state index contributed by atoms with van der Waals surface area (Å²) in [6.45, 7) is 0.0486. The number of nitrogens with zero attached hydrogens (tertiary/aromatic N) is 2.